The maximum Gasteiger partial charge on any atom is 0.421 e. The first-order valence-electron chi connectivity index (χ1n) is 9.03. The van der Waals surface area contributed by atoms with Gasteiger partial charge in [-0.3, -0.25) is 14.6 Å². The molecule has 1 aromatic heterocycles. The minimum Gasteiger partial charge on any atom is -0.270 e. The summed E-state index contributed by atoms with van der Waals surface area (Å²) >= 11 is 0. The standard InChI is InChI=1S/C18H27N6O2/c1-8-22-16(25)14-15(21(7)18(22)26)19-17(23(14)9-10(2)3)24-13(6)11(4)12(5)20-24/h10,14H,8-9H2,1-7H3/q+1. The summed E-state index contributed by atoms with van der Waals surface area (Å²) in [5.74, 6) is 1.19. The molecule has 3 heterocycles. The molecule has 0 spiro atoms. The van der Waals surface area contributed by atoms with Gasteiger partial charge in [-0.25, -0.2) is 9.37 Å². The number of hydrogen-bond donors (Lipinski definition) is 0. The number of aliphatic imine (C=N–C) groups is 1. The van der Waals surface area contributed by atoms with Gasteiger partial charge < -0.3 is 0 Å². The third-order valence-electron chi connectivity index (χ3n) is 5.11. The van der Waals surface area contributed by atoms with Crippen molar-refractivity contribution in [3.05, 3.63) is 17.0 Å². The summed E-state index contributed by atoms with van der Waals surface area (Å²) in [6.07, 6.45) is 0. The Balaban J connectivity index is 2.20. The molecule has 2 aliphatic heterocycles. The van der Waals surface area contributed by atoms with Crippen LogP contribution in [0.4, 0.5) is 4.79 Å². The lowest BCUT2D eigenvalue weighted by Gasteiger charge is -2.33. The van der Waals surface area contributed by atoms with Gasteiger partial charge in [0, 0.05) is 19.2 Å². The Morgan fingerprint density at radius 2 is 1.85 bits per heavy atom. The average Bonchev–Trinajstić information content (AvgIpc) is 3.06. The molecule has 1 aromatic rings. The van der Waals surface area contributed by atoms with Crippen LogP contribution in [0.1, 0.15) is 37.7 Å². The molecule has 2 aliphatic rings. The summed E-state index contributed by atoms with van der Waals surface area (Å²) in [6.45, 7) is 13.0. The van der Waals surface area contributed by atoms with Crippen LogP contribution < -0.4 is 0 Å². The quantitative estimate of drug-likeness (QED) is 0.765. The van der Waals surface area contributed by atoms with Crippen molar-refractivity contribution >= 4 is 23.7 Å². The van der Waals surface area contributed by atoms with E-state index in [9.17, 15) is 9.59 Å². The van der Waals surface area contributed by atoms with E-state index in [4.69, 9.17) is 4.99 Å². The predicted octanol–water partition coefficient (Wildman–Crippen LogP) is 1.38. The highest BCUT2D eigenvalue weighted by Crippen LogP contribution is 2.22. The minimum atomic E-state index is -0.584. The van der Waals surface area contributed by atoms with Gasteiger partial charge in [-0.05, 0) is 33.6 Å². The van der Waals surface area contributed by atoms with Gasteiger partial charge in [0.25, 0.3) is 5.91 Å². The van der Waals surface area contributed by atoms with Crippen molar-refractivity contribution in [3.8, 4) is 0 Å². The lowest BCUT2D eigenvalue weighted by molar-refractivity contribution is -0.543. The number of likely N-dealkylation sites (N-methyl/N-ethyl adjacent to an activating group) is 2. The highest BCUT2D eigenvalue weighted by atomic mass is 16.2. The number of urea groups is 1. The Morgan fingerprint density at radius 3 is 2.35 bits per heavy atom. The number of amidine groups is 1. The van der Waals surface area contributed by atoms with Crippen molar-refractivity contribution in [3.63, 3.8) is 0 Å². The first kappa shape index (κ1) is 18.3. The molecule has 1 fully saturated rings. The average molecular weight is 359 g/mol. The van der Waals surface area contributed by atoms with Crippen LogP contribution >= 0.6 is 0 Å². The smallest absolute Gasteiger partial charge is 0.270 e. The normalized spacial score (nSPS) is 20.5. The van der Waals surface area contributed by atoms with Crippen LogP contribution in [0.25, 0.3) is 0 Å². The first-order valence-corrected chi connectivity index (χ1v) is 9.03. The molecule has 1 saturated heterocycles. The lowest BCUT2D eigenvalue weighted by Crippen LogP contribution is -2.62. The van der Waals surface area contributed by atoms with E-state index in [1.807, 2.05) is 32.3 Å². The van der Waals surface area contributed by atoms with Crippen molar-refractivity contribution in [2.24, 2.45) is 10.9 Å². The van der Waals surface area contributed by atoms with Crippen molar-refractivity contribution in [1.82, 2.24) is 19.6 Å². The molecule has 0 N–H and O–H groups in total. The van der Waals surface area contributed by atoms with Crippen LogP contribution in [0, 0.1) is 26.7 Å². The Kier molecular flexibility index (Phi) is 4.46. The van der Waals surface area contributed by atoms with E-state index in [0.29, 0.717) is 30.8 Å². The number of carbonyl (C=O) groups excluding carboxylic acids is 2. The van der Waals surface area contributed by atoms with E-state index >= 15 is 0 Å². The molecule has 3 rings (SSSR count). The number of hydrogen-bond acceptors (Lipinski definition) is 4. The van der Waals surface area contributed by atoms with Crippen LogP contribution in [-0.4, -0.2) is 74.1 Å². The van der Waals surface area contributed by atoms with Gasteiger partial charge in [0.2, 0.25) is 11.9 Å². The molecule has 26 heavy (non-hydrogen) atoms. The van der Waals surface area contributed by atoms with Gasteiger partial charge in [-0.15, -0.1) is 9.78 Å². The van der Waals surface area contributed by atoms with Gasteiger partial charge in [-0.1, -0.05) is 18.8 Å². The molecule has 8 nitrogen and oxygen atoms in total. The fraction of sp³-hybridized carbons (Fsp3) is 0.611. The van der Waals surface area contributed by atoms with Gasteiger partial charge in [0.05, 0.1) is 12.2 Å². The third-order valence-corrected chi connectivity index (χ3v) is 5.11. The summed E-state index contributed by atoms with van der Waals surface area (Å²) in [5.41, 5.74) is 3.02. The van der Waals surface area contributed by atoms with Gasteiger partial charge in [0.15, 0.2) is 0 Å². The molecule has 1 unspecified atom stereocenters. The topological polar surface area (TPSA) is 73.8 Å². The van der Waals surface area contributed by atoms with E-state index in [1.165, 1.54) is 9.80 Å². The second kappa shape index (κ2) is 6.34. The van der Waals surface area contributed by atoms with E-state index < -0.39 is 6.04 Å². The summed E-state index contributed by atoms with van der Waals surface area (Å²) in [7, 11) is 1.67. The minimum absolute atomic E-state index is 0.219. The fourth-order valence-corrected chi connectivity index (χ4v) is 3.46. The first-order chi connectivity index (χ1) is 12.2. The molecule has 140 valence electrons. The number of rotatable bonds is 3. The molecule has 3 amide bonds. The zero-order chi connectivity index (χ0) is 19.3. The van der Waals surface area contributed by atoms with E-state index in [1.54, 1.807) is 11.7 Å². The van der Waals surface area contributed by atoms with Gasteiger partial charge in [0.1, 0.15) is 5.69 Å². The molecule has 1 atom stereocenters. The largest absolute Gasteiger partial charge is 0.421 e. The molecule has 0 aromatic carbocycles. The SMILES string of the molecule is CCN1C(=O)C2C(=NC(n3nc(C)c(C)c3C)=[N+]2CC(C)C)N(C)C1=O. The van der Waals surface area contributed by atoms with Crippen LogP contribution in [0.15, 0.2) is 4.99 Å². The molecular formula is C18H27N6O2+. The Labute approximate surface area is 153 Å². The summed E-state index contributed by atoms with van der Waals surface area (Å²) in [4.78, 5) is 33.0. The summed E-state index contributed by atoms with van der Waals surface area (Å²) in [5, 5.41) is 4.62. The third kappa shape index (κ3) is 2.55. The van der Waals surface area contributed by atoms with Crippen LogP contribution in [0.2, 0.25) is 0 Å². The Hall–Kier alpha value is -2.51. The number of fused-ring (bicyclic) bond motifs is 1. The monoisotopic (exact) mass is 359 g/mol. The molecule has 8 heteroatoms. The molecule has 0 aliphatic carbocycles. The summed E-state index contributed by atoms with van der Waals surface area (Å²) in [6, 6.07) is -0.915. The Morgan fingerprint density at radius 1 is 1.19 bits per heavy atom. The molecule has 0 saturated carbocycles. The lowest BCUT2D eigenvalue weighted by atomic mass is 10.1. The fourth-order valence-electron chi connectivity index (χ4n) is 3.46. The van der Waals surface area contributed by atoms with Crippen molar-refractivity contribution < 1.29 is 14.2 Å². The van der Waals surface area contributed by atoms with Crippen molar-refractivity contribution in [2.75, 3.05) is 20.1 Å². The van der Waals surface area contributed by atoms with Crippen LogP contribution in [0.3, 0.4) is 0 Å². The number of aromatic nitrogens is 2. The predicted molar refractivity (Wildman–Crippen MR) is 98.6 cm³/mol. The molecular weight excluding hydrogens is 332 g/mol. The molecule has 0 bridgehead atoms. The van der Waals surface area contributed by atoms with Crippen LogP contribution in [-0.2, 0) is 4.79 Å². The van der Waals surface area contributed by atoms with E-state index in [-0.39, 0.29) is 11.9 Å². The van der Waals surface area contributed by atoms with Crippen molar-refractivity contribution in [2.45, 2.75) is 47.6 Å². The highest BCUT2D eigenvalue weighted by molar-refractivity contribution is 6.22. The zero-order valence-electron chi connectivity index (χ0n) is 16.6. The number of carbonyl (C=O) groups is 2. The van der Waals surface area contributed by atoms with Crippen LogP contribution in [0.5, 0.6) is 0 Å². The number of amides is 3. The van der Waals surface area contributed by atoms with E-state index in [0.717, 1.165) is 17.0 Å². The molecule has 0 radical (unpaired) electrons. The maximum absolute atomic E-state index is 13.0. The van der Waals surface area contributed by atoms with E-state index in [2.05, 4.69) is 18.9 Å². The number of imide groups is 1. The second-order valence-electron chi connectivity index (χ2n) is 7.35. The Bertz CT molecular complexity index is 848. The zero-order valence-corrected chi connectivity index (χ0v) is 16.6. The number of aryl methyl sites for hydroxylation is 1. The highest BCUT2D eigenvalue weighted by Gasteiger charge is 2.52. The number of nitrogens with zero attached hydrogens (tertiary/aromatic N) is 6. The second-order valence-corrected chi connectivity index (χ2v) is 7.35. The van der Waals surface area contributed by atoms with Gasteiger partial charge >= 0.3 is 12.0 Å². The maximum atomic E-state index is 13.0. The van der Waals surface area contributed by atoms with Gasteiger partial charge in [-0.2, -0.15) is 0 Å². The van der Waals surface area contributed by atoms with Crippen molar-refractivity contribution in [1.29, 1.82) is 0 Å². The summed E-state index contributed by atoms with van der Waals surface area (Å²) < 4.78 is 3.77.